The Hall–Kier alpha value is -1.04. The van der Waals surface area contributed by atoms with Crippen molar-refractivity contribution in [2.45, 2.75) is 6.54 Å². The monoisotopic (exact) mass is 260 g/mol. The number of furan rings is 1. The molecular formula is C11H17ClN2O3. The van der Waals surface area contributed by atoms with Crippen molar-refractivity contribution >= 4 is 18.3 Å². The molecule has 1 aromatic heterocycles. The van der Waals surface area contributed by atoms with Gasteiger partial charge in [-0.25, -0.2) is 0 Å². The topological polar surface area (TPSA) is 54.7 Å². The number of nitrogens with zero attached hydrogens (tertiary/aromatic N) is 1. The molecule has 96 valence electrons. The second-order valence-electron chi connectivity index (χ2n) is 3.73. The Morgan fingerprint density at radius 3 is 2.76 bits per heavy atom. The predicted octanol–water partition coefficient (Wildman–Crippen LogP) is 0.893. The number of ether oxygens (including phenoxy) is 1. The maximum atomic E-state index is 11.3. The van der Waals surface area contributed by atoms with Gasteiger partial charge in [-0.05, 0) is 12.1 Å². The zero-order valence-corrected chi connectivity index (χ0v) is 10.6. The fourth-order valence-electron chi connectivity index (χ4n) is 1.69. The van der Waals surface area contributed by atoms with Gasteiger partial charge in [-0.3, -0.25) is 9.69 Å². The van der Waals surface area contributed by atoms with E-state index in [0.29, 0.717) is 5.76 Å². The maximum absolute atomic E-state index is 11.3. The molecule has 0 radical (unpaired) electrons. The summed E-state index contributed by atoms with van der Waals surface area (Å²) in [6, 6.07) is 3.55. The minimum absolute atomic E-state index is 0. The molecule has 0 aromatic carbocycles. The number of hydrogen-bond donors (Lipinski definition) is 1. The van der Waals surface area contributed by atoms with Gasteiger partial charge in [0.05, 0.1) is 19.8 Å². The van der Waals surface area contributed by atoms with E-state index in [1.165, 1.54) is 0 Å². The molecule has 0 aliphatic carbocycles. The average molecular weight is 261 g/mol. The molecule has 17 heavy (non-hydrogen) atoms. The van der Waals surface area contributed by atoms with Crippen molar-refractivity contribution in [2.24, 2.45) is 0 Å². The number of carbonyl (C=O) groups is 1. The normalized spacial score (nSPS) is 16.3. The summed E-state index contributed by atoms with van der Waals surface area (Å²) in [5, 5.41) is 2.53. The van der Waals surface area contributed by atoms with Gasteiger partial charge in [0.25, 0.3) is 5.91 Å². The zero-order valence-electron chi connectivity index (χ0n) is 9.77. The maximum Gasteiger partial charge on any atom is 0.286 e. The van der Waals surface area contributed by atoms with Crippen molar-refractivity contribution in [2.75, 3.05) is 33.4 Å². The van der Waals surface area contributed by atoms with Crippen LogP contribution in [0.25, 0.3) is 0 Å². The lowest BCUT2D eigenvalue weighted by Gasteiger charge is -2.25. The molecule has 2 rings (SSSR count). The Balaban J connectivity index is 0.00000144. The first-order valence-corrected chi connectivity index (χ1v) is 5.40. The second kappa shape index (κ2) is 6.64. The van der Waals surface area contributed by atoms with Crippen LogP contribution in [-0.4, -0.2) is 44.2 Å². The van der Waals surface area contributed by atoms with Crippen molar-refractivity contribution in [1.82, 2.24) is 10.2 Å². The van der Waals surface area contributed by atoms with Crippen LogP contribution in [0.5, 0.6) is 0 Å². The molecule has 1 fully saturated rings. The van der Waals surface area contributed by atoms with Crippen molar-refractivity contribution in [1.29, 1.82) is 0 Å². The van der Waals surface area contributed by atoms with Crippen molar-refractivity contribution < 1.29 is 13.9 Å². The number of morpholine rings is 1. The van der Waals surface area contributed by atoms with Crippen LogP contribution >= 0.6 is 12.4 Å². The molecule has 6 heteroatoms. The molecule has 1 aliphatic heterocycles. The Labute approximate surface area is 107 Å². The van der Waals surface area contributed by atoms with Gasteiger partial charge in [0.15, 0.2) is 5.76 Å². The molecule has 1 saturated heterocycles. The fourth-order valence-corrected chi connectivity index (χ4v) is 1.69. The van der Waals surface area contributed by atoms with Crippen molar-refractivity contribution in [3.8, 4) is 0 Å². The van der Waals surface area contributed by atoms with E-state index in [2.05, 4.69) is 10.2 Å². The van der Waals surface area contributed by atoms with Gasteiger partial charge < -0.3 is 14.5 Å². The number of nitrogens with one attached hydrogen (secondary N) is 1. The van der Waals surface area contributed by atoms with Crippen LogP contribution in [-0.2, 0) is 11.3 Å². The molecule has 0 saturated carbocycles. The van der Waals surface area contributed by atoms with E-state index in [9.17, 15) is 4.79 Å². The predicted molar refractivity (Wildman–Crippen MR) is 65.4 cm³/mol. The van der Waals surface area contributed by atoms with Crippen molar-refractivity contribution in [3.05, 3.63) is 23.7 Å². The molecule has 1 aliphatic rings. The molecule has 0 unspecified atom stereocenters. The third-order valence-electron chi connectivity index (χ3n) is 2.60. The standard InChI is InChI=1S/C11H16N2O3.ClH/c1-12-11(14)10-3-2-9(16-10)8-13-4-6-15-7-5-13;/h2-3H,4-8H2,1H3,(H,12,14);1H. The minimum atomic E-state index is -0.187. The Bertz CT molecular complexity index is 361. The fraction of sp³-hybridized carbons (Fsp3) is 0.545. The lowest BCUT2D eigenvalue weighted by molar-refractivity contribution is 0.0311. The van der Waals surface area contributed by atoms with Crippen LogP contribution in [0.3, 0.4) is 0 Å². The molecular weight excluding hydrogens is 244 g/mol. The van der Waals surface area contributed by atoms with Gasteiger partial charge in [-0.1, -0.05) is 0 Å². The molecule has 0 spiro atoms. The van der Waals surface area contributed by atoms with E-state index in [1.54, 1.807) is 13.1 Å². The van der Waals surface area contributed by atoms with Crippen LogP contribution in [0.15, 0.2) is 16.5 Å². The SMILES string of the molecule is CNC(=O)c1ccc(CN2CCOCC2)o1.Cl. The van der Waals surface area contributed by atoms with Crippen LogP contribution in [0.4, 0.5) is 0 Å². The summed E-state index contributed by atoms with van der Waals surface area (Å²) in [7, 11) is 1.59. The molecule has 1 amide bonds. The molecule has 0 bridgehead atoms. The molecule has 2 heterocycles. The number of amides is 1. The highest BCUT2D eigenvalue weighted by molar-refractivity contribution is 5.91. The largest absolute Gasteiger partial charge is 0.455 e. The third-order valence-corrected chi connectivity index (χ3v) is 2.60. The number of rotatable bonds is 3. The lowest BCUT2D eigenvalue weighted by Crippen LogP contribution is -2.35. The summed E-state index contributed by atoms with van der Waals surface area (Å²) in [5.74, 6) is 1.000. The molecule has 0 atom stereocenters. The molecule has 5 nitrogen and oxygen atoms in total. The highest BCUT2D eigenvalue weighted by Crippen LogP contribution is 2.11. The number of carbonyl (C=O) groups excluding carboxylic acids is 1. The highest BCUT2D eigenvalue weighted by atomic mass is 35.5. The molecule has 1 aromatic rings. The smallest absolute Gasteiger partial charge is 0.286 e. The van der Waals surface area contributed by atoms with E-state index >= 15 is 0 Å². The van der Waals surface area contributed by atoms with E-state index in [-0.39, 0.29) is 18.3 Å². The summed E-state index contributed by atoms with van der Waals surface area (Å²) >= 11 is 0. The van der Waals surface area contributed by atoms with Gasteiger partial charge in [-0.2, -0.15) is 0 Å². The van der Waals surface area contributed by atoms with Gasteiger partial charge in [0.2, 0.25) is 0 Å². The van der Waals surface area contributed by atoms with Gasteiger partial charge in [-0.15, -0.1) is 12.4 Å². The van der Waals surface area contributed by atoms with E-state index < -0.39 is 0 Å². The van der Waals surface area contributed by atoms with Crippen LogP contribution < -0.4 is 5.32 Å². The van der Waals surface area contributed by atoms with E-state index in [4.69, 9.17) is 9.15 Å². The quantitative estimate of drug-likeness (QED) is 0.877. The van der Waals surface area contributed by atoms with Gasteiger partial charge in [0, 0.05) is 20.1 Å². The summed E-state index contributed by atoms with van der Waals surface area (Å²) in [6.45, 7) is 4.10. The number of halogens is 1. The van der Waals surface area contributed by atoms with Gasteiger partial charge >= 0.3 is 0 Å². The Morgan fingerprint density at radius 1 is 1.41 bits per heavy atom. The Kier molecular flexibility index (Phi) is 5.47. The Morgan fingerprint density at radius 2 is 2.12 bits per heavy atom. The highest BCUT2D eigenvalue weighted by Gasteiger charge is 2.14. The van der Waals surface area contributed by atoms with E-state index in [1.807, 2.05) is 6.07 Å². The van der Waals surface area contributed by atoms with E-state index in [0.717, 1.165) is 38.6 Å². The summed E-state index contributed by atoms with van der Waals surface area (Å²) in [4.78, 5) is 13.5. The minimum Gasteiger partial charge on any atom is -0.455 e. The van der Waals surface area contributed by atoms with Crippen molar-refractivity contribution in [3.63, 3.8) is 0 Å². The first kappa shape index (κ1) is 14.0. The van der Waals surface area contributed by atoms with Crippen LogP contribution in [0, 0.1) is 0 Å². The first-order chi connectivity index (χ1) is 7.79. The molecule has 1 N–H and O–H groups in total. The lowest BCUT2D eigenvalue weighted by atomic mass is 10.3. The van der Waals surface area contributed by atoms with Gasteiger partial charge in [0.1, 0.15) is 5.76 Å². The van der Waals surface area contributed by atoms with Crippen LogP contribution in [0.2, 0.25) is 0 Å². The summed E-state index contributed by atoms with van der Waals surface area (Å²) in [5.41, 5.74) is 0. The number of hydrogen-bond acceptors (Lipinski definition) is 4. The zero-order chi connectivity index (χ0) is 11.4. The van der Waals surface area contributed by atoms with Crippen LogP contribution in [0.1, 0.15) is 16.3 Å². The average Bonchev–Trinajstić information content (AvgIpc) is 2.78. The first-order valence-electron chi connectivity index (χ1n) is 5.40. The second-order valence-corrected chi connectivity index (χ2v) is 3.73. The summed E-state index contributed by atoms with van der Waals surface area (Å²) in [6.07, 6.45) is 0. The summed E-state index contributed by atoms with van der Waals surface area (Å²) < 4.78 is 10.7. The third kappa shape index (κ3) is 3.73.